The Morgan fingerprint density at radius 1 is 1.47 bits per heavy atom. The van der Waals surface area contributed by atoms with E-state index >= 15 is 0 Å². The second-order valence-electron chi connectivity index (χ2n) is 3.37. The van der Waals surface area contributed by atoms with E-state index in [1.807, 2.05) is 23.9 Å². The minimum Gasteiger partial charge on any atom is -0.366 e. The number of hydrogen-bond acceptors (Lipinski definition) is 2. The van der Waals surface area contributed by atoms with Crippen molar-refractivity contribution in [1.29, 1.82) is 0 Å². The van der Waals surface area contributed by atoms with Crippen LogP contribution in [0.2, 0.25) is 0 Å². The van der Waals surface area contributed by atoms with Gasteiger partial charge in [-0.2, -0.15) is 0 Å². The van der Waals surface area contributed by atoms with Crippen LogP contribution in [0.1, 0.15) is 10.4 Å². The Balaban J connectivity index is 2.45. The highest BCUT2D eigenvalue weighted by molar-refractivity contribution is 5.93. The zero-order chi connectivity index (χ0) is 10.8. The van der Waals surface area contributed by atoms with Crippen molar-refractivity contribution in [1.82, 2.24) is 9.55 Å². The summed E-state index contributed by atoms with van der Waals surface area (Å²) in [5.74, 6) is -0.423. The smallest absolute Gasteiger partial charge is 0.248 e. The van der Waals surface area contributed by atoms with E-state index in [2.05, 4.69) is 4.98 Å². The molecule has 0 aliphatic heterocycles. The molecule has 0 atom stereocenters. The van der Waals surface area contributed by atoms with Gasteiger partial charge in [0.25, 0.3) is 0 Å². The Hall–Kier alpha value is -2.10. The molecule has 4 heteroatoms. The molecule has 2 aromatic rings. The van der Waals surface area contributed by atoms with Crippen molar-refractivity contribution in [3.63, 3.8) is 0 Å². The summed E-state index contributed by atoms with van der Waals surface area (Å²) in [6.07, 6.45) is 3.60. The predicted octanol–water partition coefficient (Wildman–Crippen LogP) is 1.19. The lowest BCUT2D eigenvalue weighted by molar-refractivity contribution is 0.100. The molecule has 0 fully saturated rings. The zero-order valence-electron chi connectivity index (χ0n) is 8.34. The van der Waals surface area contributed by atoms with Crippen LogP contribution in [0, 0.1) is 0 Å². The fourth-order valence-electron chi connectivity index (χ4n) is 1.39. The molecule has 4 nitrogen and oxygen atoms in total. The van der Waals surface area contributed by atoms with E-state index in [0.717, 1.165) is 11.3 Å². The van der Waals surface area contributed by atoms with Gasteiger partial charge in [-0.1, -0.05) is 12.1 Å². The number of nitrogens with two attached hydrogens (primary N) is 1. The molecule has 0 unspecified atom stereocenters. The first-order chi connectivity index (χ1) is 7.16. The van der Waals surface area contributed by atoms with E-state index in [4.69, 9.17) is 5.73 Å². The van der Waals surface area contributed by atoms with Crippen LogP contribution in [0.4, 0.5) is 0 Å². The van der Waals surface area contributed by atoms with E-state index in [1.54, 1.807) is 24.5 Å². The largest absolute Gasteiger partial charge is 0.366 e. The predicted molar refractivity (Wildman–Crippen MR) is 57.2 cm³/mol. The van der Waals surface area contributed by atoms with Crippen LogP contribution < -0.4 is 5.73 Å². The molecule has 1 aromatic heterocycles. The summed E-state index contributed by atoms with van der Waals surface area (Å²) in [5, 5.41) is 0. The Bertz CT molecular complexity index is 502. The molecule has 0 saturated carbocycles. The van der Waals surface area contributed by atoms with Gasteiger partial charge in [-0.3, -0.25) is 4.79 Å². The standard InChI is InChI=1S/C11H11N3O/c1-14-6-10(13-7-14)8-3-2-4-9(5-8)11(12)15/h2-7H,1H3,(H2,12,15). The van der Waals surface area contributed by atoms with E-state index in [0.29, 0.717) is 5.56 Å². The van der Waals surface area contributed by atoms with Crippen LogP contribution in [0.15, 0.2) is 36.8 Å². The lowest BCUT2D eigenvalue weighted by atomic mass is 10.1. The van der Waals surface area contributed by atoms with Gasteiger partial charge >= 0.3 is 0 Å². The number of amides is 1. The van der Waals surface area contributed by atoms with Crippen molar-refractivity contribution in [2.75, 3.05) is 0 Å². The highest BCUT2D eigenvalue weighted by Gasteiger charge is 2.04. The summed E-state index contributed by atoms with van der Waals surface area (Å²) in [7, 11) is 1.90. The summed E-state index contributed by atoms with van der Waals surface area (Å²) in [6, 6.07) is 7.12. The third kappa shape index (κ3) is 1.88. The van der Waals surface area contributed by atoms with E-state index in [-0.39, 0.29) is 0 Å². The normalized spacial score (nSPS) is 10.2. The summed E-state index contributed by atoms with van der Waals surface area (Å²) in [6.45, 7) is 0. The van der Waals surface area contributed by atoms with Gasteiger partial charge in [0, 0.05) is 24.4 Å². The molecular weight excluding hydrogens is 190 g/mol. The van der Waals surface area contributed by atoms with Gasteiger partial charge in [0.15, 0.2) is 0 Å². The van der Waals surface area contributed by atoms with Crippen LogP contribution in [0.25, 0.3) is 11.3 Å². The second kappa shape index (κ2) is 3.57. The van der Waals surface area contributed by atoms with Gasteiger partial charge in [0.05, 0.1) is 12.0 Å². The molecule has 15 heavy (non-hydrogen) atoms. The van der Waals surface area contributed by atoms with Crippen LogP contribution in [0.3, 0.4) is 0 Å². The average molecular weight is 201 g/mol. The van der Waals surface area contributed by atoms with E-state index in [1.165, 1.54) is 0 Å². The zero-order valence-corrected chi connectivity index (χ0v) is 8.34. The molecule has 2 rings (SSSR count). The number of carbonyl (C=O) groups excluding carboxylic acids is 1. The van der Waals surface area contributed by atoms with Crippen molar-refractivity contribution < 1.29 is 4.79 Å². The Kier molecular flexibility index (Phi) is 2.25. The Labute approximate surface area is 87.4 Å². The van der Waals surface area contributed by atoms with Crippen LogP contribution in [-0.2, 0) is 7.05 Å². The Morgan fingerprint density at radius 2 is 2.27 bits per heavy atom. The number of imidazole rings is 1. The maximum Gasteiger partial charge on any atom is 0.248 e. The molecule has 1 heterocycles. The van der Waals surface area contributed by atoms with Gasteiger partial charge in [-0.25, -0.2) is 4.98 Å². The summed E-state index contributed by atoms with van der Waals surface area (Å²) in [5.41, 5.74) is 7.43. The number of carbonyl (C=O) groups is 1. The molecule has 76 valence electrons. The molecule has 0 saturated heterocycles. The van der Waals surface area contributed by atoms with Gasteiger partial charge in [-0.15, -0.1) is 0 Å². The molecule has 0 radical (unpaired) electrons. The third-order valence-corrected chi connectivity index (χ3v) is 2.15. The fourth-order valence-corrected chi connectivity index (χ4v) is 1.39. The highest BCUT2D eigenvalue weighted by atomic mass is 16.1. The SMILES string of the molecule is Cn1cnc(-c2cccc(C(N)=O)c2)c1. The highest BCUT2D eigenvalue weighted by Crippen LogP contribution is 2.17. The maximum absolute atomic E-state index is 11.0. The lowest BCUT2D eigenvalue weighted by Gasteiger charge is -1.99. The molecule has 0 spiro atoms. The number of aromatic nitrogens is 2. The van der Waals surface area contributed by atoms with Crippen LogP contribution in [-0.4, -0.2) is 15.5 Å². The van der Waals surface area contributed by atoms with Crippen molar-refractivity contribution in [2.45, 2.75) is 0 Å². The first kappa shape index (κ1) is 9.45. The second-order valence-corrected chi connectivity index (χ2v) is 3.37. The first-order valence-corrected chi connectivity index (χ1v) is 4.55. The quantitative estimate of drug-likeness (QED) is 0.793. The van der Waals surface area contributed by atoms with Crippen LogP contribution in [0.5, 0.6) is 0 Å². The number of hydrogen-bond donors (Lipinski definition) is 1. The monoisotopic (exact) mass is 201 g/mol. The van der Waals surface area contributed by atoms with Crippen molar-refractivity contribution >= 4 is 5.91 Å². The third-order valence-electron chi connectivity index (χ3n) is 2.15. The van der Waals surface area contributed by atoms with Gasteiger partial charge in [-0.05, 0) is 12.1 Å². The summed E-state index contributed by atoms with van der Waals surface area (Å²) < 4.78 is 1.85. The Morgan fingerprint density at radius 3 is 2.87 bits per heavy atom. The number of nitrogens with zero attached hydrogens (tertiary/aromatic N) is 2. The van der Waals surface area contributed by atoms with Crippen molar-refractivity contribution in [3.8, 4) is 11.3 Å². The summed E-state index contributed by atoms with van der Waals surface area (Å²) >= 11 is 0. The van der Waals surface area contributed by atoms with E-state index in [9.17, 15) is 4.79 Å². The molecule has 2 N–H and O–H groups in total. The molecule has 0 bridgehead atoms. The average Bonchev–Trinajstić information content (AvgIpc) is 2.65. The van der Waals surface area contributed by atoms with Gasteiger partial charge in [0.2, 0.25) is 5.91 Å². The number of benzene rings is 1. The lowest BCUT2D eigenvalue weighted by Crippen LogP contribution is -2.10. The number of aryl methyl sites for hydroxylation is 1. The number of primary amides is 1. The molecule has 1 amide bonds. The van der Waals surface area contributed by atoms with Gasteiger partial charge in [0.1, 0.15) is 0 Å². The molecule has 1 aromatic carbocycles. The maximum atomic E-state index is 11.0. The molecule has 0 aliphatic rings. The minimum atomic E-state index is -0.423. The topological polar surface area (TPSA) is 60.9 Å². The minimum absolute atomic E-state index is 0.423. The molecular formula is C11H11N3O. The van der Waals surface area contributed by atoms with Crippen LogP contribution >= 0.6 is 0 Å². The van der Waals surface area contributed by atoms with E-state index < -0.39 is 5.91 Å². The van der Waals surface area contributed by atoms with Crippen molar-refractivity contribution in [2.24, 2.45) is 12.8 Å². The fraction of sp³-hybridized carbons (Fsp3) is 0.0909. The summed E-state index contributed by atoms with van der Waals surface area (Å²) in [4.78, 5) is 15.2. The first-order valence-electron chi connectivity index (χ1n) is 4.55. The number of rotatable bonds is 2. The van der Waals surface area contributed by atoms with Crippen molar-refractivity contribution in [3.05, 3.63) is 42.4 Å². The molecule has 0 aliphatic carbocycles. The van der Waals surface area contributed by atoms with Gasteiger partial charge < -0.3 is 10.3 Å².